The average molecular weight is 193 g/mol. The largest absolute Gasteiger partial charge is 0.388 e. The SMILES string of the molecule is CC(=O)NCC[C@@H](O)c1ccccc1. The Bertz CT molecular complexity index is 285. The van der Waals surface area contributed by atoms with Crippen LogP contribution in [0.1, 0.15) is 25.0 Å². The maximum absolute atomic E-state index is 10.6. The van der Waals surface area contributed by atoms with Gasteiger partial charge in [-0.25, -0.2) is 0 Å². The molecule has 2 N–H and O–H groups in total. The van der Waals surface area contributed by atoms with Gasteiger partial charge in [0.25, 0.3) is 0 Å². The van der Waals surface area contributed by atoms with Crippen LogP contribution < -0.4 is 5.32 Å². The first kappa shape index (κ1) is 10.7. The summed E-state index contributed by atoms with van der Waals surface area (Å²) in [6.07, 6.45) is 0.0481. The van der Waals surface area contributed by atoms with Crippen LogP contribution >= 0.6 is 0 Å². The molecule has 0 aliphatic carbocycles. The van der Waals surface area contributed by atoms with Crippen molar-refractivity contribution in [3.05, 3.63) is 35.9 Å². The molecule has 3 nitrogen and oxygen atoms in total. The van der Waals surface area contributed by atoms with Crippen LogP contribution in [-0.2, 0) is 4.79 Å². The molecule has 1 atom stereocenters. The van der Waals surface area contributed by atoms with E-state index in [4.69, 9.17) is 0 Å². The third-order valence-corrected chi connectivity index (χ3v) is 1.98. The van der Waals surface area contributed by atoms with Crippen molar-refractivity contribution in [3.8, 4) is 0 Å². The van der Waals surface area contributed by atoms with E-state index in [-0.39, 0.29) is 5.91 Å². The number of hydrogen-bond acceptors (Lipinski definition) is 2. The molecule has 0 saturated heterocycles. The van der Waals surface area contributed by atoms with E-state index >= 15 is 0 Å². The highest BCUT2D eigenvalue weighted by atomic mass is 16.3. The van der Waals surface area contributed by atoms with E-state index in [1.165, 1.54) is 6.92 Å². The smallest absolute Gasteiger partial charge is 0.216 e. The highest BCUT2D eigenvalue weighted by Gasteiger charge is 2.05. The van der Waals surface area contributed by atoms with Gasteiger partial charge in [-0.05, 0) is 12.0 Å². The van der Waals surface area contributed by atoms with Crippen LogP contribution in [0, 0.1) is 0 Å². The van der Waals surface area contributed by atoms with E-state index in [0.717, 1.165) is 5.56 Å². The fourth-order valence-corrected chi connectivity index (χ4v) is 1.23. The van der Waals surface area contributed by atoms with Crippen LogP contribution in [0.3, 0.4) is 0 Å². The predicted molar refractivity (Wildman–Crippen MR) is 54.7 cm³/mol. The molecule has 1 amide bonds. The Hall–Kier alpha value is -1.35. The minimum atomic E-state index is -0.497. The molecule has 0 fully saturated rings. The molecule has 0 aliphatic heterocycles. The molecule has 1 rings (SSSR count). The molecule has 0 aliphatic rings. The molecule has 1 aromatic carbocycles. The second-order valence-corrected chi connectivity index (χ2v) is 3.20. The third-order valence-electron chi connectivity index (χ3n) is 1.98. The van der Waals surface area contributed by atoms with Crippen molar-refractivity contribution in [2.75, 3.05) is 6.54 Å². The van der Waals surface area contributed by atoms with Gasteiger partial charge >= 0.3 is 0 Å². The standard InChI is InChI=1S/C11H15NO2/c1-9(13)12-8-7-11(14)10-5-3-2-4-6-10/h2-6,11,14H,7-8H2,1H3,(H,12,13)/t11-/m1/s1. The first-order chi connectivity index (χ1) is 6.70. The number of aliphatic hydroxyl groups excluding tert-OH is 1. The zero-order valence-electron chi connectivity index (χ0n) is 8.23. The van der Waals surface area contributed by atoms with Crippen molar-refractivity contribution in [2.24, 2.45) is 0 Å². The van der Waals surface area contributed by atoms with Gasteiger partial charge in [-0.15, -0.1) is 0 Å². The lowest BCUT2D eigenvalue weighted by molar-refractivity contribution is -0.119. The maximum Gasteiger partial charge on any atom is 0.216 e. The molecular formula is C11H15NO2. The van der Waals surface area contributed by atoms with Crippen LogP contribution in [0.25, 0.3) is 0 Å². The summed E-state index contributed by atoms with van der Waals surface area (Å²) in [7, 11) is 0. The zero-order valence-corrected chi connectivity index (χ0v) is 8.23. The van der Waals surface area contributed by atoms with E-state index in [2.05, 4.69) is 5.32 Å². The number of rotatable bonds is 4. The average Bonchev–Trinajstić information content (AvgIpc) is 2.18. The third kappa shape index (κ3) is 3.58. The number of carbonyl (C=O) groups is 1. The van der Waals surface area contributed by atoms with Crippen molar-refractivity contribution in [3.63, 3.8) is 0 Å². The highest BCUT2D eigenvalue weighted by molar-refractivity contribution is 5.72. The normalized spacial score (nSPS) is 12.1. The first-order valence-electron chi connectivity index (χ1n) is 4.67. The number of aliphatic hydroxyl groups is 1. The molecule has 0 radical (unpaired) electrons. The Balaban J connectivity index is 2.36. The molecule has 0 spiro atoms. The van der Waals surface area contributed by atoms with Crippen LogP contribution in [-0.4, -0.2) is 17.6 Å². The zero-order chi connectivity index (χ0) is 10.4. The fourth-order valence-electron chi connectivity index (χ4n) is 1.23. The van der Waals surface area contributed by atoms with Gasteiger partial charge in [-0.2, -0.15) is 0 Å². The summed E-state index contributed by atoms with van der Waals surface area (Å²) in [5, 5.41) is 12.3. The Labute approximate surface area is 83.8 Å². The van der Waals surface area contributed by atoms with E-state index in [1.807, 2.05) is 30.3 Å². The summed E-state index contributed by atoms with van der Waals surface area (Å²) in [5.41, 5.74) is 0.887. The van der Waals surface area contributed by atoms with Crippen LogP contribution in [0.4, 0.5) is 0 Å². The monoisotopic (exact) mass is 193 g/mol. The van der Waals surface area contributed by atoms with Crippen LogP contribution in [0.15, 0.2) is 30.3 Å². The quantitative estimate of drug-likeness (QED) is 0.756. The minimum absolute atomic E-state index is 0.0646. The van der Waals surface area contributed by atoms with Gasteiger partial charge < -0.3 is 10.4 Å². The van der Waals surface area contributed by atoms with Crippen molar-refractivity contribution < 1.29 is 9.90 Å². The molecule has 76 valence electrons. The second kappa shape index (κ2) is 5.40. The summed E-state index contributed by atoms with van der Waals surface area (Å²) >= 11 is 0. The van der Waals surface area contributed by atoms with E-state index in [9.17, 15) is 9.90 Å². The summed E-state index contributed by atoms with van der Waals surface area (Å²) in [4.78, 5) is 10.6. The van der Waals surface area contributed by atoms with Crippen LogP contribution in [0.2, 0.25) is 0 Å². The summed E-state index contributed by atoms with van der Waals surface area (Å²) in [6.45, 7) is 1.97. The van der Waals surface area contributed by atoms with Crippen molar-refractivity contribution >= 4 is 5.91 Å². The first-order valence-corrected chi connectivity index (χ1v) is 4.67. The maximum atomic E-state index is 10.6. The van der Waals surface area contributed by atoms with E-state index < -0.39 is 6.10 Å². The Kier molecular flexibility index (Phi) is 4.13. The summed E-state index contributed by atoms with van der Waals surface area (Å²) in [6, 6.07) is 9.43. The highest BCUT2D eigenvalue weighted by Crippen LogP contribution is 2.14. The van der Waals surface area contributed by atoms with Crippen molar-refractivity contribution in [2.45, 2.75) is 19.4 Å². The van der Waals surface area contributed by atoms with Gasteiger partial charge in [-0.3, -0.25) is 4.79 Å². The second-order valence-electron chi connectivity index (χ2n) is 3.20. The Morgan fingerprint density at radius 1 is 1.43 bits per heavy atom. The lowest BCUT2D eigenvalue weighted by Gasteiger charge is -2.10. The Morgan fingerprint density at radius 3 is 2.64 bits per heavy atom. The van der Waals surface area contributed by atoms with Gasteiger partial charge in [0, 0.05) is 13.5 Å². The van der Waals surface area contributed by atoms with Crippen LogP contribution in [0.5, 0.6) is 0 Å². The number of carbonyl (C=O) groups excluding carboxylic acids is 1. The van der Waals surface area contributed by atoms with Gasteiger partial charge in [0.2, 0.25) is 5.91 Å². The minimum Gasteiger partial charge on any atom is -0.388 e. The van der Waals surface area contributed by atoms with Crippen molar-refractivity contribution in [1.29, 1.82) is 0 Å². The fraction of sp³-hybridized carbons (Fsp3) is 0.364. The summed E-state index contributed by atoms with van der Waals surface area (Å²) < 4.78 is 0. The molecule has 14 heavy (non-hydrogen) atoms. The Morgan fingerprint density at radius 2 is 2.07 bits per heavy atom. The summed E-state index contributed by atoms with van der Waals surface area (Å²) in [5.74, 6) is -0.0646. The molecule has 0 bridgehead atoms. The van der Waals surface area contributed by atoms with Gasteiger partial charge in [0.15, 0.2) is 0 Å². The molecular weight excluding hydrogens is 178 g/mol. The number of nitrogens with one attached hydrogen (secondary N) is 1. The topological polar surface area (TPSA) is 49.3 Å². The molecule has 0 aromatic heterocycles. The predicted octanol–water partition coefficient (Wildman–Crippen LogP) is 1.25. The lowest BCUT2D eigenvalue weighted by atomic mass is 10.1. The van der Waals surface area contributed by atoms with Gasteiger partial charge in [0.05, 0.1) is 6.10 Å². The molecule has 3 heteroatoms. The number of benzene rings is 1. The van der Waals surface area contributed by atoms with Crippen molar-refractivity contribution in [1.82, 2.24) is 5.32 Å². The molecule has 0 heterocycles. The van der Waals surface area contributed by atoms with Gasteiger partial charge in [0.1, 0.15) is 0 Å². The lowest BCUT2D eigenvalue weighted by Crippen LogP contribution is -2.22. The van der Waals surface area contributed by atoms with E-state index in [0.29, 0.717) is 13.0 Å². The number of amides is 1. The van der Waals surface area contributed by atoms with Gasteiger partial charge in [-0.1, -0.05) is 30.3 Å². The molecule has 1 aromatic rings. The number of hydrogen-bond donors (Lipinski definition) is 2. The molecule has 0 saturated carbocycles. The van der Waals surface area contributed by atoms with E-state index in [1.54, 1.807) is 0 Å². The molecule has 0 unspecified atom stereocenters.